The molecule has 0 fully saturated rings. The van der Waals surface area contributed by atoms with Crippen LogP contribution in [-0.2, 0) is 16.0 Å². The molecule has 0 bridgehead atoms. The molecule has 0 spiro atoms. The van der Waals surface area contributed by atoms with Gasteiger partial charge in [-0.3, -0.25) is 4.79 Å². The van der Waals surface area contributed by atoms with Gasteiger partial charge in [0, 0.05) is 19.7 Å². The molecule has 2 aromatic carbocycles. The van der Waals surface area contributed by atoms with Gasteiger partial charge in [-0.1, -0.05) is 54.6 Å². The average molecular weight is 347 g/mol. The predicted octanol–water partition coefficient (Wildman–Crippen LogP) is 2.80. The maximum atomic E-state index is 12.5. The number of carbonyl (C=O) groups excluding carboxylic acids is 1. The highest BCUT2D eigenvalue weighted by Crippen LogP contribution is 2.22. The van der Waals surface area contributed by atoms with Crippen molar-refractivity contribution < 1.29 is 9.53 Å². The number of benzene rings is 2. The lowest BCUT2D eigenvalue weighted by Gasteiger charge is -2.27. The molecule has 1 heterocycles. The van der Waals surface area contributed by atoms with E-state index in [1.54, 1.807) is 7.11 Å². The molecule has 2 aromatic rings. The van der Waals surface area contributed by atoms with Crippen LogP contribution >= 0.6 is 12.4 Å². The van der Waals surface area contributed by atoms with Gasteiger partial charge in [0.05, 0.1) is 0 Å². The number of carbonyl (C=O) groups is 1. The van der Waals surface area contributed by atoms with Crippen LogP contribution in [-0.4, -0.2) is 26.1 Å². The monoisotopic (exact) mass is 346 g/mol. The molecule has 0 saturated carbocycles. The lowest BCUT2D eigenvalue weighted by molar-refractivity contribution is -0.131. The SMILES string of the molecule is COC(C(=O)NCC1NCCc2ccccc21)c1ccccc1.Cl. The van der Waals surface area contributed by atoms with E-state index in [9.17, 15) is 4.79 Å². The molecule has 5 heteroatoms. The fourth-order valence-corrected chi connectivity index (χ4v) is 3.09. The molecule has 0 aliphatic carbocycles. The minimum absolute atomic E-state index is 0. The van der Waals surface area contributed by atoms with E-state index in [0.29, 0.717) is 6.54 Å². The lowest BCUT2D eigenvalue weighted by Crippen LogP contribution is -2.40. The van der Waals surface area contributed by atoms with Crippen LogP contribution in [0.4, 0.5) is 0 Å². The van der Waals surface area contributed by atoms with Crippen LogP contribution in [0, 0.1) is 0 Å². The zero-order chi connectivity index (χ0) is 16.1. The number of rotatable bonds is 5. The van der Waals surface area contributed by atoms with Crippen molar-refractivity contribution in [2.24, 2.45) is 0 Å². The fourth-order valence-electron chi connectivity index (χ4n) is 3.09. The Bertz CT molecular complexity index is 663. The number of hydrogen-bond acceptors (Lipinski definition) is 3. The summed E-state index contributed by atoms with van der Waals surface area (Å²) in [6.45, 7) is 1.49. The third-order valence-corrected chi connectivity index (χ3v) is 4.27. The average Bonchev–Trinajstić information content (AvgIpc) is 2.61. The van der Waals surface area contributed by atoms with Crippen molar-refractivity contribution in [1.29, 1.82) is 0 Å². The Morgan fingerprint density at radius 3 is 2.67 bits per heavy atom. The summed E-state index contributed by atoms with van der Waals surface area (Å²) in [6.07, 6.45) is 0.459. The number of halogens is 1. The van der Waals surface area contributed by atoms with E-state index in [0.717, 1.165) is 18.5 Å². The maximum Gasteiger partial charge on any atom is 0.253 e. The van der Waals surface area contributed by atoms with Crippen molar-refractivity contribution in [1.82, 2.24) is 10.6 Å². The smallest absolute Gasteiger partial charge is 0.253 e. The molecule has 0 saturated heterocycles. The van der Waals surface area contributed by atoms with E-state index in [2.05, 4.69) is 28.8 Å². The van der Waals surface area contributed by atoms with Crippen LogP contribution in [0.2, 0.25) is 0 Å². The number of amides is 1. The molecule has 2 atom stereocenters. The summed E-state index contributed by atoms with van der Waals surface area (Å²) >= 11 is 0. The maximum absolute atomic E-state index is 12.5. The van der Waals surface area contributed by atoms with Gasteiger partial charge in [-0.25, -0.2) is 0 Å². The molecule has 4 nitrogen and oxygen atoms in total. The van der Waals surface area contributed by atoms with Gasteiger partial charge in [-0.2, -0.15) is 0 Å². The summed E-state index contributed by atoms with van der Waals surface area (Å²) in [7, 11) is 1.56. The van der Waals surface area contributed by atoms with E-state index >= 15 is 0 Å². The largest absolute Gasteiger partial charge is 0.367 e. The summed E-state index contributed by atoms with van der Waals surface area (Å²) in [6, 6.07) is 18.1. The van der Waals surface area contributed by atoms with Crippen molar-refractivity contribution >= 4 is 18.3 Å². The topological polar surface area (TPSA) is 50.4 Å². The van der Waals surface area contributed by atoms with Crippen LogP contribution in [0.25, 0.3) is 0 Å². The normalized spacial score (nSPS) is 17.3. The summed E-state index contributed by atoms with van der Waals surface area (Å²) in [4.78, 5) is 12.5. The van der Waals surface area contributed by atoms with E-state index in [4.69, 9.17) is 4.74 Å². The first-order chi connectivity index (χ1) is 11.3. The minimum atomic E-state index is -0.574. The first-order valence-corrected chi connectivity index (χ1v) is 7.96. The Kier molecular flexibility index (Phi) is 6.79. The van der Waals surface area contributed by atoms with E-state index < -0.39 is 6.10 Å². The van der Waals surface area contributed by atoms with E-state index in [-0.39, 0.29) is 24.4 Å². The lowest BCUT2D eigenvalue weighted by atomic mass is 9.94. The van der Waals surface area contributed by atoms with Crippen LogP contribution in [0.5, 0.6) is 0 Å². The Morgan fingerprint density at radius 1 is 1.21 bits per heavy atom. The Morgan fingerprint density at radius 2 is 1.92 bits per heavy atom. The zero-order valence-corrected chi connectivity index (χ0v) is 14.5. The van der Waals surface area contributed by atoms with Gasteiger partial charge < -0.3 is 15.4 Å². The second-order valence-electron chi connectivity index (χ2n) is 5.73. The van der Waals surface area contributed by atoms with Crippen LogP contribution in [0.15, 0.2) is 54.6 Å². The third kappa shape index (κ3) is 4.15. The van der Waals surface area contributed by atoms with Crippen molar-refractivity contribution in [3.63, 3.8) is 0 Å². The molecule has 1 aliphatic heterocycles. The summed E-state index contributed by atoms with van der Waals surface area (Å²) < 4.78 is 5.38. The van der Waals surface area contributed by atoms with Crippen LogP contribution in [0.3, 0.4) is 0 Å². The third-order valence-electron chi connectivity index (χ3n) is 4.27. The van der Waals surface area contributed by atoms with Crippen LogP contribution in [0.1, 0.15) is 28.8 Å². The first-order valence-electron chi connectivity index (χ1n) is 7.96. The number of hydrogen-bond donors (Lipinski definition) is 2. The highest BCUT2D eigenvalue weighted by Gasteiger charge is 2.23. The molecule has 0 radical (unpaired) electrons. The van der Waals surface area contributed by atoms with Gasteiger partial charge in [0.1, 0.15) is 0 Å². The molecule has 0 aromatic heterocycles. The fraction of sp³-hybridized carbons (Fsp3) is 0.316. The molecule has 3 rings (SSSR count). The van der Waals surface area contributed by atoms with E-state index in [1.165, 1.54) is 11.1 Å². The van der Waals surface area contributed by atoms with E-state index in [1.807, 2.05) is 36.4 Å². The quantitative estimate of drug-likeness (QED) is 0.875. The van der Waals surface area contributed by atoms with Gasteiger partial charge in [0.25, 0.3) is 5.91 Å². The summed E-state index contributed by atoms with van der Waals surface area (Å²) in [5.74, 6) is -0.108. The van der Waals surface area contributed by atoms with Crippen LogP contribution < -0.4 is 10.6 Å². The Balaban J connectivity index is 0.00000208. The standard InChI is InChI=1S/C19H22N2O2.ClH/c1-23-18(15-8-3-2-4-9-15)19(22)21-13-17-16-10-6-5-7-14(16)11-12-20-17;/h2-10,17-18,20H,11-13H2,1H3,(H,21,22);1H. The van der Waals surface area contributed by atoms with Crippen molar-refractivity contribution in [3.05, 3.63) is 71.3 Å². The summed E-state index contributed by atoms with van der Waals surface area (Å²) in [5.41, 5.74) is 3.49. The number of methoxy groups -OCH3 is 1. The van der Waals surface area contributed by atoms with Gasteiger partial charge in [0.15, 0.2) is 6.10 Å². The summed E-state index contributed by atoms with van der Waals surface area (Å²) in [5, 5.41) is 6.49. The number of nitrogens with one attached hydrogen (secondary N) is 2. The number of fused-ring (bicyclic) bond motifs is 1. The van der Waals surface area contributed by atoms with Gasteiger partial charge in [-0.05, 0) is 29.7 Å². The Hall–Kier alpha value is -1.88. The van der Waals surface area contributed by atoms with Crippen molar-refractivity contribution in [2.45, 2.75) is 18.6 Å². The Labute approximate surface area is 149 Å². The second kappa shape index (κ2) is 8.83. The molecule has 2 N–H and O–H groups in total. The minimum Gasteiger partial charge on any atom is -0.367 e. The van der Waals surface area contributed by atoms with Gasteiger partial charge in [-0.15, -0.1) is 12.4 Å². The molecule has 1 amide bonds. The highest BCUT2D eigenvalue weighted by molar-refractivity contribution is 5.85. The molecule has 24 heavy (non-hydrogen) atoms. The first kappa shape index (κ1) is 18.5. The van der Waals surface area contributed by atoms with Crippen molar-refractivity contribution in [2.75, 3.05) is 20.2 Å². The molecular formula is C19H23ClN2O2. The number of ether oxygens (including phenoxy) is 1. The highest BCUT2D eigenvalue weighted by atomic mass is 35.5. The molecule has 1 aliphatic rings. The van der Waals surface area contributed by atoms with Gasteiger partial charge >= 0.3 is 0 Å². The second-order valence-corrected chi connectivity index (χ2v) is 5.73. The predicted molar refractivity (Wildman–Crippen MR) is 97.3 cm³/mol. The molecular weight excluding hydrogens is 324 g/mol. The molecule has 128 valence electrons. The molecule has 2 unspecified atom stereocenters. The van der Waals surface area contributed by atoms with Gasteiger partial charge in [0.2, 0.25) is 0 Å². The van der Waals surface area contributed by atoms with Crippen molar-refractivity contribution in [3.8, 4) is 0 Å². The zero-order valence-electron chi connectivity index (χ0n) is 13.7.